The molecule has 1 aliphatic heterocycles. The summed E-state index contributed by atoms with van der Waals surface area (Å²) in [6.45, 7) is 1.93. The van der Waals surface area contributed by atoms with Crippen molar-refractivity contribution < 1.29 is 4.79 Å². The lowest BCUT2D eigenvalue weighted by Crippen LogP contribution is -2.35. The van der Waals surface area contributed by atoms with Gasteiger partial charge in [-0.1, -0.05) is 6.42 Å². The van der Waals surface area contributed by atoms with Gasteiger partial charge in [0, 0.05) is 12.6 Å². The Kier molecular flexibility index (Phi) is 4.46. The van der Waals surface area contributed by atoms with Gasteiger partial charge in [-0.15, -0.1) is 0 Å². The van der Waals surface area contributed by atoms with Gasteiger partial charge in [0.05, 0.1) is 12.4 Å². The Morgan fingerprint density at radius 3 is 3.11 bits per heavy atom. The van der Waals surface area contributed by atoms with Crippen LogP contribution in [0.1, 0.15) is 36.2 Å². The molecule has 0 saturated carbocycles. The van der Waals surface area contributed by atoms with Crippen molar-refractivity contribution in [2.24, 2.45) is 5.73 Å². The number of nitrogens with zero attached hydrogens (tertiary/aromatic N) is 2. The molecular weight excluding hydrogens is 230 g/mol. The first-order chi connectivity index (χ1) is 8.75. The second-order valence-electron chi connectivity index (χ2n) is 4.52. The number of anilines is 1. The minimum atomic E-state index is -0.555. The SMILES string of the molecule is NC(=O)c1cncc(NCC[C@@H]2CCCCN2)n1. The lowest BCUT2D eigenvalue weighted by Gasteiger charge is -2.23. The summed E-state index contributed by atoms with van der Waals surface area (Å²) >= 11 is 0. The minimum absolute atomic E-state index is 0.191. The molecule has 0 radical (unpaired) electrons. The van der Waals surface area contributed by atoms with Crippen LogP contribution in [0.3, 0.4) is 0 Å². The van der Waals surface area contributed by atoms with Crippen LogP contribution >= 0.6 is 0 Å². The van der Waals surface area contributed by atoms with Crippen LogP contribution in [-0.4, -0.2) is 35.0 Å². The standard InChI is InChI=1S/C12H19N5O/c13-12(18)10-7-14-8-11(17-10)16-6-4-9-3-1-2-5-15-9/h7-9,15H,1-6H2,(H2,13,18)(H,16,17)/t9-/m0/s1. The maximum atomic E-state index is 11.0. The highest BCUT2D eigenvalue weighted by Gasteiger charge is 2.11. The molecule has 0 bridgehead atoms. The third-order valence-corrected chi connectivity index (χ3v) is 3.10. The Balaban J connectivity index is 1.78. The Morgan fingerprint density at radius 1 is 1.50 bits per heavy atom. The Bertz CT molecular complexity index is 403. The maximum Gasteiger partial charge on any atom is 0.268 e. The predicted octanol–water partition coefficient (Wildman–Crippen LogP) is 0.520. The molecule has 0 aliphatic carbocycles. The number of carbonyl (C=O) groups is 1. The van der Waals surface area contributed by atoms with Crippen molar-refractivity contribution in [3.63, 3.8) is 0 Å². The highest BCUT2D eigenvalue weighted by molar-refractivity contribution is 5.90. The van der Waals surface area contributed by atoms with Gasteiger partial charge in [0.15, 0.2) is 0 Å². The van der Waals surface area contributed by atoms with Gasteiger partial charge in [0.25, 0.3) is 5.91 Å². The van der Waals surface area contributed by atoms with Crippen molar-refractivity contribution in [2.75, 3.05) is 18.4 Å². The van der Waals surface area contributed by atoms with E-state index >= 15 is 0 Å². The third-order valence-electron chi connectivity index (χ3n) is 3.10. The first-order valence-corrected chi connectivity index (χ1v) is 6.35. The molecule has 1 saturated heterocycles. The van der Waals surface area contributed by atoms with Crippen molar-refractivity contribution in [1.82, 2.24) is 15.3 Å². The van der Waals surface area contributed by atoms with E-state index in [0.29, 0.717) is 11.9 Å². The Morgan fingerprint density at radius 2 is 2.39 bits per heavy atom. The van der Waals surface area contributed by atoms with Gasteiger partial charge in [-0.3, -0.25) is 9.78 Å². The van der Waals surface area contributed by atoms with E-state index in [1.807, 2.05) is 0 Å². The summed E-state index contributed by atoms with van der Waals surface area (Å²) in [5.41, 5.74) is 5.34. The van der Waals surface area contributed by atoms with Crippen LogP contribution in [0.15, 0.2) is 12.4 Å². The van der Waals surface area contributed by atoms with Gasteiger partial charge in [-0.05, 0) is 25.8 Å². The lowest BCUT2D eigenvalue weighted by atomic mass is 10.0. The van der Waals surface area contributed by atoms with Crippen molar-refractivity contribution in [1.29, 1.82) is 0 Å². The number of aromatic nitrogens is 2. The quantitative estimate of drug-likeness (QED) is 0.707. The second-order valence-corrected chi connectivity index (χ2v) is 4.52. The topological polar surface area (TPSA) is 92.9 Å². The van der Waals surface area contributed by atoms with Gasteiger partial charge in [0.2, 0.25) is 0 Å². The number of hydrogen-bond acceptors (Lipinski definition) is 5. The van der Waals surface area contributed by atoms with E-state index in [4.69, 9.17) is 5.73 Å². The fraction of sp³-hybridized carbons (Fsp3) is 0.583. The van der Waals surface area contributed by atoms with Gasteiger partial charge in [0.1, 0.15) is 11.5 Å². The molecule has 2 rings (SSSR count). The number of rotatable bonds is 5. The van der Waals surface area contributed by atoms with E-state index in [1.165, 1.54) is 25.5 Å². The van der Waals surface area contributed by atoms with E-state index in [0.717, 1.165) is 19.5 Å². The molecular formula is C12H19N5O. The molecule has 0 unspecified atom stereocenters. The average molecular weight is 249 g/mol. The van der Waals surface area contributed by atoms with Gasteiger partial charge in [-0.25, -0.2) is 4.98 Å². The van der Waals surface area contributed by atoms with Crippen LogP contribution in [0.5, 0.6) is 0 Å². The predicted molar refractivity (Wildman–Crippen MR) is 69.3 cm³/mol. The normalized spacial score (nSPS) is 19.4. The van der Waals surface area contributed by atoms with Crippen molar-refractivity contribution in [3.05, 3.63) is 18.1 Å². The zero-order chi connectivity index (χ0) is 12.8. The summed E-state index contributed by atoms with van der Waals surface area (Å²) in [7, 11) is 0. The largest absolute Gasteiger partial charge is 0.369 e. The van der Waals surface area contributed by atoms with Gasteiger partial charge in [-0.2, -0.15) is 0 Å². The molecule has 0 aromatic carbocycles. The molecule has 2 heterocycles. The fourth-order valence-electron chi connectivity index (χ4n) is 2.11. The van der Waals surface area contributed by atoms with E-state index in [2.05, 4.69) is 20.6 Å². The monoisotopic (exact) mass is 249 g/mol. The molecule has 0 spiro atoms. The molecule has 98 valence electrons. The molecule has 1 amide bonds. The number of primary amides is 1. The number of amides is 1. The molecule has 6 heteroatoms. The van der Waals surface area contributed by atoms with E-state index in [9.17, 15) is 4.79 Å². The van der Waals surface area contributed by atoms with Crippen molar-refractivity contribution >= 4 is 11.7 Å². The Hall–Kier alpha value is -1.69. The number of piperidine rings is 1. The second kappa shape index (κ2) is 6.30. The minimum Gasteiger partial charge on any atom is -0.369 e. The van der Waals surface area contributed by atoms with Crippen LogP contribution < -0.4 is 16.4 Å². The summed E-state index contributed by atoms with van der Waals surface area (Å²) in [5.74, 6) is 0.0437. The fourth-order valence-corrected chi connectivity index (χ4v) is 2.11. The first-order valence-electron chi connectivity index (χ1n) is 6.35. The Labute approximate surface area is 106 Å². The van der Waals surface area contributed by atoms with Crippen molar-refractivity contribution in [3.8, 4) is 0 Å². The van der Waals surface area contributed by atoms with Crippen molar-refractivity contribution in [2.45, 2.75) is 31.7 Å². The van der Waals surface area contributed by atoms with Crippen LogP contribution in [0.25, 0.3) is 0 Å². The third kappa shape index (κ3) is 3.66. The zero-order valence-electron chi connectivity index (χ0n) is 10.4. The highest BCUT2D eigenvalue weighted by atomic mass is 16.1. The number of nitrogens with two attached hydrogens (primary N) is 1. The molecule has 1 aliphatic rings. The molecule has 18 heavy (non-hydrogen) atoms. The van der Waals surface area contributed by atoms with Crippen LogP contribution in [0, 0.1) is 0 Å². The zero-order valence-corrected chi connectivity index (χ0v) is 10.4. The number of carbonyl (C=O) groups excluding carboxylic acids is 1. The number of hydrogen-bond donors (Lipinski definition) is 3. The highest BCUT2D eigenvalue weighted by Crippen LogP contribution is 2.10. The summed E-state index contributed by atoms with van der Waals surface area (Å²) in [6, 6.07) is 0.582. The van der Waals surface area contributed by atoms with Crippen LogP contribution in [-0.2, 0) is 0 Å². The molecule has 1 aromatic rings. The molecule has 1 fully saturated rings. The average Bonchev–Trinajstić information content (AvgIpc) is 2.40. The lowest BCUT2D eigenvalue weighted by molar-refractivity contribution is 0.0995. The smallest absolute Gasteiger partial charge is 0.268 e. The van der Waals surface area contributed by atoms with Gasteiger partial charge >= 0.3 is 0 Å². The molecule has 4 N–H and O–H groups in total. The van der Waals surface area contributed by atoms with E-state index in [-0.39, 0.29) is 5.69 Å². The van der Waals surface area contributed by atoms with Crippen LogP contribution in [0.4, 0.5) is 5.82 Å². The maximum absolute atomic E-state index is 11.0. The first kappa shape index (κ1) is 12.8. The van der Waals surface area contributed by atoms with Gasteiger partial charge < -0.3 is 16.4 Å². The van der Waals surface area contributed by atoms with E-state index in [1.54, 1.807) is 6.20 Å². The molecule has 1 aromatic heterocycles. The number of nitrogens with one attached hydrogen (secondary N) is 2. The molecule has 1 atom stereocenters. The summed E-state index contributed by atoms with van der Waals surface area (Å²) in [5, 5.41) is 6.65. The summed E-state index contributed by atoms with van der Waals surface area (Å²) in [6.07, 6.45) is 7.82. The van der Waals surface area contributed by atoms with E-state index < -0.39 is 5.91 Å². The molecule has 6 nitrogen and oxygen atoms in total. The summed E-state index contributed by atoms with van der Waals surface area (Å²) < 4.78 is 0. The van der Waals surface area contributed by atoms with Crippen LogP contribution in [0.2, 0.25) is 0 Å². The summed E-state index contributed by atoms with van der Waals surface area (Å²) in [4.78, 5) is 19.0.